The molecule has 1 aliphatic heterocycles. The van der Waals surface area contributed by atoms with E-state index in [4.69, 9.17) is 0 Å². The van der Waals surface area contributed by atoms with Crippen molar-refractivity contribution in [1.82, 2.24) is 30.3 Å². The SMILES string of the molecule is Cc1cc(Nc2nccc(C(F)F)n2)cc(-c2cn(C[C@@]3(O)CNC(=O)C3)nn2)c1. The highest BCUT2D eigenvalue weighted by molar-refractivity contribution is 5.79. The molecule has 0 aliphatic carbocycles. The average Bonchev–Trinajstić information content (AvgIpc) is 3.27. The Balaban J connectivity index is 1.54. The van der Waals surface area contributed by atoms with Crippen molar-refractivity contribution in [2.75, 3.05) is 11.9 Å². The standard InChI is InChI=1S/C19H19F2N7O2/c1-11-4-12(6-13(5-11)24-18-22-3-2-14(25-18)17(20)21)15-8-28(27-26-15)10-19(30)7-16(29)23-9-19/h2-6,8,17,30H,7,9-10H2,1H3,(H,23,29)(H,22,24,25)/t19-/m0/s1. The van der Waals surface area contributed by atoms with E-state index in [9.17, 15) is 18.7 Å². The molecular formula is C19H19F2N7O2. The van der Waals surface area contributed by atoms with E-state index < -0.39 is 12.0 Å². The summed E-state index contributed by atoms with van der Waals surface area (Å²) >= 11 is 0. The Hall–Kier alpha value is -3.47. The highest BCUT2D eigenvalue weighted by Crippen LogP contribution is 2.26. The van der Waals surface area contributed by atoms with Crippen LogP contribution in [0.15, 0.2) is 36.7 Å². The maximum atomic E-state index is 12.9. The molecule has 0 radical (unpaired) electrons. The molecule has 0 spiro atoms. The number of aromatic nitrogens is 5. The number of hydrogen-bond acceptors (Lipinski definition) is 7. The number of nitrogens with zero attached hydrogens (tertiary/aromatic N) is 5. The van der Waals surface area contributed by atoms with Crippen molar-refractivity contribution in [3.63, 3.8) is 0 Å². The third kappa shape index (κ3) is 4.40. The van der Waals surface area contributed by atoms with Crippen LogP contribution in [0, 0.1) is 6.92 Å². The van der Waals surface area contributed by atoms with Crippen molar-refractivity contribution < 1.29 is 18.7 Å². The number of rotatable bonds is 6. The third-order valence-electron chi connectivity index (χ3n) is 4.63. The Labute approximate surface area is 170 Å². The van der Waals surface area contributed by atoms with Crippen molar-refractivity contribution in [1.29, 1.82) is 0 Å². The van der Waals surface area contributed by atoms with Crippen molar-refractivity contribution in [2.24, 2.45) is 0 Å². The molecule has 1 aromatic carbocycles. The third-order valence-corrected chi connectivity index (χ3v) is 4.63. The summed E-state index contributed by atoms with van der Waals surface area (Å²) in [4.78, 5) is 19.2. The number of nitrogens with one attached hydrogen (secondary N) is 2. The maximum Gasteiger partial charge on any atom is 0.280 e. The van der Waals surface area contributed by atoms with Gasteiger partial charge < -0.3 is 15.7 Å². The van der Waals surface area contributed by atoms with Gasteiger partial charge in [-0.2, -0.15) is 0 Å². The maximum absolute atomic E-state index is 12.9. The van der Waals surface area contributed by atoms with Gasteiger partial charge in [0, 0.05) is 24.0 Å². The molecule has 30 heavy (non-hydrogen) atoms. The first kappa shape index (κ1) is 19.8. The lowest BCUT2D eigenvalue weighted by atomic mass is 10.0. The molecule has 1 amide bonds. The van der Waals surface area contributed by atoms with Gasteiger partial charge >= 0.3 is 0 Å². The van der Waals surface area contributed by atoms with Gasteiger partial charge in [0.2, 0.25) is 11.9 Å². The molecule has 1 aliphatic rings. The Morgan fingerprint density at radius 1 is 1.37 bits per heavy atom. The van der Waals surface area contributed by atoms with Gasteiger partial charge in [-0.3, -0.25) is 4.79 Å². The first-order valence-corrected chi connectivity index (χ1v) is 9.19. The number of benzene rings is 1. The number of carbonyl (C=O) groups is 1. The van der Waals surface area contributed by atoms with Crippen LogP contribution in [0.2, 0.25) is 0 Å². The van der Waals surface area contributed by atoms with E-state index in [0.29, 0.717) is 11.4 Å². The summed E-state index contributed by atoms with van der Waals surface area (Å²) in [6, 6.07) is 6.66. The molecule has 1 atom stereocenters. The minimum Gasteiger partial charge on any atom is -0.386 e. The van der Waals surface area contributed by atoms with Crippen LogP contribution in [0.5, 0.6) is 0 Å². The van der Waals surface area contributed by atoms with Crippen LogP contribution < -0.4 is 10.6 Å². The van der Waals surface area contributed by atoms with Crippen LogP contribution in [0.25, 0.3) is 11.3 Å². The van der Waals surface area contributed by atoms with Gasteiger partial charge in [0.05, 0.1) is 19.2 Å². The number of carbonyl (C=O) groups excluding carboxylic acids is 1. The number of aliphatic hydroxyl groups is 1. The van der Waals surface area contributed by atoms with E-state index in [0.717, 1.165) is 17.2 Å². The predicted octanol–water partition coefficient (Wildman–Crippen LogP) is 1.98. The summed E-state index contributed by atoms with van der Waals surface area (Å²) in [5, 5.41) is 24.2. The summed E-state index contributed by atoms with van der Waals surface area (Å²) < 4.78 is 27.2. The Bertz CT molecular complexity index is 1090. The normalized spacial score (nSPS) is 18.6. The molecule has 3 N–H and O–H groups in total. The zero-order chi connectivity index (χ0) is 21.3. The number of alkyl halides is 2. The minimum absolute atomic E-state index is 0.0123. The molecule has 0 unspecified atom stereocenters. The molecule has 4 rings (SSSR count). The first-order chi connectivity index (χ1) is 14.3. The molecule has 3 heterocycles. The molecular weight excluding hydrogens is 396 g/mol. The van der Waals surface area contributed by atoms with Crippen LogP contribution in [0.3, 0.4) is 0 Å². The summed E-state index contributed by atoms with van der Waals surface area (Å²) in [5.41, 5.74) is 1.25. The molecule has 3 aromatic rings. The van der Waals surface area contributed by atoms with Gasteiger partial charge in [-0.05, 0) is 36.8 Å². The molecule has 156 valence electrons. The van der Waals surface area contributed by atoms with E-state index in [1.54, 1.807) is 12.3 Å². The number of aryl methyl sites for hydroxylation is 1. The Kier molecular flexibility index (Phi) is 5.12. The molecule has 11 heteroatoms. The van der Waals surface area contributed by atoms with Gasteiger partial charge in [0.1, 0.15) is 17.0 Å². The van der Waals surface area contributed by atoms with E-state index >= 15 is 0 Å². The lowest BCUT2D eigenvalue weighted by Crippen LogP contribution is -2.36. The number of β-amino-alcohol motifs (C(OH)–C–C–N with tert-alkyl or cyclic N) is 1. The zero-order valence-corrected chi connectivity index (χ0v) is 16.0. The number of anilines is 2. The average molecular weight is 415 g/mol. The molecule has 1 fully saturated rings. The first-order valence-electron chi connectivity index (χ1n) is 9.19. The Morgan fingerprint density at radius 2 is 2.20 bits per heavy atom. The van der Waals surface area contributed by atoms with E-state index in [-0.39, 0.29) is 37.1 Å². The fourth-order valence-electron chi connectivity index (χ4n) is 3.29. The van der Waals surface area contributed by atoms with Gasteiger partial charge in [0.25, 0.3) is 6.43 Å². The fraction of sp³-hybridized carbons (Fsp3) is 0.316. The molecule has 9 nitrogen and oxygen atoms in total. The van der Waals surface area contributed by atoms with Crippen LogP contribution >= 0.6 is 0 Å². The minimum atomic E-state index is -2.68. The van der Waals surface area contributed by atoms with Gasteiger partial charge in [-0.25, -0.2) is 23.4 Å². The summed E-state index contributed by atoms with van der Waals surface area (Å²) in [6.45, 7) is 2.18. The number of hydrogen-bond donors (Lipinski definition) is 3. The van der Waals surface area contributed by atoms with E-state index in [1.807, 2.05) is 19.1 Å². The second-order valence-corrected chi connectivity index (χ2v) is 7.30. The molecule has 0 bridgehead atoms. The van der Waals surface area contributed by atoms with Crippen LogP contribution in [-0.2, 0) is 11.3 Å². The molecule has 0 saturated carbocycles. The predicted molar refractivity (Wildman–Crippen MR) is 103 cm³/mol. The van der Waals surface area contributed by atoms with E-state index in [2.05, 4.69) is 30.9 Å². The second-order valence-electron chi connectivity index (χ2n) is 7.30. The van der Waals surface area contributed by atoms with Crippen molar-refractivity contribution in [3.05, 3.63) is 47.9 Å². The number of halogens is 2. The summed E-state index contributed by atoms with van der Waals surface area (Å²) in [6.07, 6.45) is 0.273. The smallest absolute Gasteiger partial charge is 0.280 e. The topological polar surface area (TPSA) is 118 Å². The second kappa shape index (κ2) is 7.75. The van der Waals surface area contributed by atoms with Crippen LogP contribution in [0.4, 0.5) is 20.4 Å². The summed E-state index contributed by atoms with van der Waals surface area (Å²) in [7, 11) is 0. The lowest BCUT2D eigenvalue weighted by Gasteiger charge is -2.18. The zero-order valence-electron chi connectivity index (χ0n) is 16.0. The van der Waals surface area contributed by atoms with Crippen LogP contribution in [-0.4, -0.2) is 48.1 Å². The Morgan fingerprint density at radius 3 is 2.93 bits per heavy atom. The van der Waals surface area contributed by atoms with E-state index in [1.165, 1.54) is 10.9 Å². The lowest BCUT2D eigenvalue weighted by molar-refractivity contribution is -0.120. The van der Waals surface area contributed by atoms with Gasteiger partial charge in [0.15, 0.2) is 0 Å². The highest BCUT2D eigenvalue weighted by Gasteiger charge is 2.37. The van der Waals surface area contributed by atoms with Crippen molar-refractivity contribution in [3.8, 4) is 11.3 Å². The van der Waals surface area contributed by atoms with Crippen molar-refractivity contribution >= 4 is 17.5 Å². The van der Waals surface area contributed by atoms with Crippen LogP contribution in [0.1, 0.15) is 24.1 Å². The molecule has 1 saturated heterocycles. The number of amides is 1. The van der Waals surface area contributed by atoms with Crippen molar-refractivity contribution in [2.45, 2.75) is 31.9 Å². The highest BCUT2D eigenvalue weighted by atomic mass is 19.3. The van der Waals surface area contributed by atoms with Gasteiger partial charge in [-0.1, -0.05) is 5.21 Å². The monoisotopic (exact) mass is 415 g/mol. The fourth-order valence-corrected chi connectivity index (χ4v) is 3.29. The summed E-state index contributed by atoms with van der Waals surface area (Å²) in [5.74, 6) is -0.140. The molecule has 2 aromatic heterocycles. The quantitative estimate of drug-likeness (QED) is 0.563. The largest absolute Gasteiger partial charge is 0.386 e. The van der Waals surface area contributed by atoms with Gasteiger partial charge in [-0.15, -0.1) is 5.10 Å².